The molecule has 39 heavy (non-hydrogen) atoms. The number of hydrazine groups is 1. The Morgan fingerprint density at radius 1 is 1.08 bits per heavy atom. The molecule has 13 nitrogen and oxygen atoms in total. The fourth-order valence-electron chi connectivity index (χ4n) is 4.73. The normalized spacial score (nSPS) is 22.5. The van der Waals surface area contributed by atoms with Crippen LogP contribution >= 0.6 is 0 Å². The summed E-state index contributed by atoms with van der Waals surface area (Å²) in [5.74, 6) is -3.85. The third-order valence-electron chi connectivity index (χ3n) is 7.09. The predicted molar refractivity (Wildman–Crippen MR) is 138 cm³/mol. The van der Waals surface area contributed by atoms with Gasteiger partial charge in [-0.2, -0.15) is 0 Å². The SMILES string of the molecule is CC(C)[C@H](NC(=O)[C@@H]1CCCN1C(=O)[C@H](C)NC(=O)[C@]1(C)NC(=O)CCC1=O)C(=O)N([NH+]=O)c1ccccc1. The van der Waals surface area contributed by atoms with Gasteiger partial charge < -0.3 is 20.9 Å². The van der Waals surface area contributed by atoms with Crippen molar-refractivity contribution in [3.8, 4) is 0 Å². The van der Waals surface area contributed by atoms with Crippen molar-refractivity contribution in [3.05, 3.63) is 35.2 Å². The molecule has 1 aromatic carbocycles. The van der Waals surface area contributed by atoms with Crippen LogP contribution in [0.25, 0.3) is 0 Å². The van der Waals surface area contributed by atoms with Gasteiger partial charge in [-0.3, -0.25) is 28.8 Å². The van der Waals surface area contributed by atoms with Gasteiger partial charge in [0, 0.05) is 24.3 Å². The summed E-state index contributed by atoms with van der Waals surface area (Å²) >= 11 is 0. The molecular formula is C26H35N6O7+. The fourth-order valence-corrected chi connectivity index (χ4v) is 4.73. The van der Waals surface area contributed by atoms with Gasteiger partial charge in [-0.1, -0.05) is 32.0 Å². The zero-order valence-electron chi connectivity index (χ0n) is 22.5. The second-order valence-electron chi connectivity index (χ2n) is 10.3. The van der Waals surface area contributed by atoms with Gasteiger partial charge in [-0.15, -0.1) is 0 Å². The Morgan fingerprint density at radius 2 is 1.74 bits per heavy atom. The van der Waals surface area contributed by atoms with E-state index < -0.39 is 59.0 Å². The van der Waals surface area contributed by atoms with Crippen LogP contribution in [0.5, 0.6) is 0 Å². The van der Waals surface area contributed by atoms with Gasteiger partial charge in [0.1, 0.15) is 29.1 Å². The van der Waals surface area contributed by atoms with Crippen LogP contribution in [-0.2, 0) is 28.8 Å². The lowest BCUT2D eigenvalue weighted by molar-refractivity contribution is -0.485. The molecule has 3 rings (SSSR count). The summed E-state index contributed by atoms with van der Waals surface area (Å²) < 4.78 is 0. The van der Waals surface area contributed by atoms with Gasteiger partial charge >= 0.3 is 5.91 Å². The molecule has 2 aliphatic rings. The molecule has 2 aliphatic heterocycles. The molecule has 2 heterocycles. The third kappa shape index (κ3) is 6.29. The fraction of sp³-hybridized carbons (Fsp3) is 0.538. The average molecular weight is 544 g/mol. The van der Waals surface area contributed by atoms with Gasteiger partial charge in [0.15, 0.2) is 11.3 Å². The molecule has 13 heteroatoms. The number of piperidine rings is 1. The monoisotopic (exact) mass is 543 g/mol. The standard InChI is InChI=1S/C26H34N6O7/c1-15(2)21(24(37)32(30-39)17-9-6-5-7-10-17)28-22(35)18-11-8-14-31(18)23(36)16(3)27-25(38)26(4)19(33)12-13-20(34)29-26/h5-7,9-10,15-16,18,21H,8,11-14H2,1-4H3,(H,27,38)(H,28,35)(H,29,34)/p+1/t16-,18-,21-,26+/m0/s1. The summed E-state index contributed by atoms with van der Waals surface area (Å²) in [4.78, 5) is 89.7. The number of likely N-dealkylation sites (tertiary alicyclic amines) is 1. The lowest BCUT2D eigenvalue weighted by Crippen LogP contribution is -2.82. The minimum atomic E-state index is -1.78. The second kappa shape index (κ2) is 12.1. The third-order valence-corrected chi connectivity index (χ3v) is 7.09. The Hall–Kier alpha value is -4.16. The number of benzene rings is 1. The molecule has 0 radical (unpaired) electrons. The topological polar surface area (TPSA) is 176 Å². The van der Waals surface area contributed by atoms with Crippen molar-refractivity contribution >= 4 is 41.0 Å². The lowest BCUT2D eigenvalue weighted by Gasteiger charge is -2.33. The molecule has 0 saturated carbocycles. The molecule has 0 bridgehead atoms. The Labute approximate surface area is 226 Å². The minimum absolute atomic E-state index is 0.00534. The first-order chi connectivity index (χ1) is 18.4. The number of ketones is 1. The first kappa shape index (κ1) is 29.4. The quantitative estimate of drug-likeness (QED) is 0.220. The van der Waals surface area contributed by atoms with E-state index in [9.17, 15) is 33.7 Å². The average Bonchev–Trinajstić information content (AvgIpc) is 3.40. The Morgan fingerprint density at radius 3 is 2.36 bits per heavy atom. The molecule has 4 N–H and O–H groups in total. The van der Waals surface area contributed by atoms with E-state index in [-0.39, 0.29) is 25.3 Å². The summed E-state index contributed by atoms with van der Waals surface area (Å²) in [5.41, 5.74) is -1.47. The van der Waals surface area contributed by atoms with E-state index in [1.165, 1.54) is 18.7 Å². The number of anilines is 1. The Balaban J connectivity index is 1.69. The van der Waals surface area contributed by atoms with E-state index in [4.69, 9.17) is 0 Å². The highest BCUT2D eigenvalue weighted by molar-refractivity contribution is 6.15. The van der Waals surface area contributed by atoms with E-state index in [1.54, 1.807) is 49.5 Å². The summed E-state index contributed by atoms with van der Waals surface area (Å²) in [5, 5.41) is 10.0. The summed E-state index contributed by atoms with van der Waals surface area (Å²) in [7, 11) is 0. The molecular weight excluding hydrogens is 508 g/mol. The van der Waals surface area contributed by atoms with Crippen molar-refractivity contribution in [1.29, 1.82) is 0 Å². The number of hydrogen-bond donors (Lipinski definition) is 4. The van der Waals surface area contributed by atoms with Crippen LogP contribution in [0.4, 0.5) is 5.69 Å². The smallest absolute Gasteiger partial charge is 0.310 e. The number of rotatable bonds is 9. The predicted octanol–water partition coefficient (Wildman–Crippen LogP) is -1.34. The number of nitroso groups, excluding NO2 is 1. The number of carbonyl (C=O) groups is 6. The molecule has 1 aromatic rings. The number of amides is 5. The highest BCUT2D eigenvalue weighted by atomic mass is 16.3. The van der Waals surface area contributed by atoms with Crippen molar-refractivity contribution in [3.63, 3.8) is 0 Å². The van der Waals surface area contributed by atoms with Gasteiger partial charge in [0.2, 0.25) is 17.7 Å². The first-order valence-electron chi connectivity index (χ1n) is 12.9. The maximum atomic E-state index is 13.3. The van der Waals surface area contributed by atoms with Gasteiger partial charge in [0.25, 0.3) is 5.91 Å². The maximum Gasteiger partial charge on any atom is 0.310 e. The Bertz CT molecular complexity index is 1160. The highest BCUT2D eigenvalue weighted by Gasteiger charge is 2.46. The Kier molecular flexibility index (Phi) is 9.15. The minimum Gasteiger partial charge on any atom is -0.342 e. The number of nitrogens with one attached hydrogen (secondary N) is 4. The molecule has 2 fully saturated rings. The van der Waals surface area contributed by atoms with E-state index in [0.717, 1.165) is 5.01 Å². The molecule has 0 spiro atoms. The molecule has 0 unspecified atom stereocenters. The van der Waals surface area contributed by atoms with Crippen molar-refractivity contribution < 1.29 is 34.1 Å². The van der Waals surface area contributed by atoms with Crippen LogP contribution in [0, 0.1) is 10.8 Å². The number of para-hydroxylation sites is 1. The zero-order chi connectivity index (χ0) is 28.9. The molecule has 210 valence electrons. The van der Waals surface area contributed by atoms with Crippen molar-refractivity contribution in [2.45, 2.75) is 77.0 Å². The van der Waals surface area contributed by atoms with Crippen molar-refractivity contribution in [1.82, 2.24) is 20.9 Å². The van der Waals surface area contributed by atoms with Crippen LogP contribution < -0.4 is 26.2 Å². The molecule has 2 saturated heterocycles. The molecule has 5 amide bonds. The number of nitrogens with zero attached hydrogens (tertiary/aromatic N) is 2. The van der Waals surface area contributed by atoms with Crippen LogP contribution in [-0.4, -0.2) is 70.4 Å². The van der Waals surface area contributed by atoms with Crippen LogP contribution in [0.15, 0.2) is 30.3 Å². The van der Waals surface area contributed by atoms with Gasteiger partial charge in [-0.05, 0) is 49.7 Å². The van der Waals surface area contributed by atoms with E-state index >= 15 is 0 Å². The molecule has 0 aliphatic carbocycles. The first-order valence-corrected chi connectivity index (χ1v) is 12.9. The van der Waals surface area contributed by atoms with Crippen molar-refractivity contribution in [2.75, 3.05) is 11.6 Å². The van der Waals surface area contributed by atoms with Gasteiger partial charge in [0.05, 0.1) is 0 Å². The maximum absolute atomic E-state index is 13.3. The summed E-state index contributed by atoms with van der Waals surface area (Å²) in [6.07, 6.45) is 0.779. The highest BCUT2D eigenvalue weighted by Crippen LogP contribution is 2.21. The number of Topliss-reactive ketones (excluding diaryl/α,β-unsaturated/α-hetero) is 1. The van der Waals surface area contributed by atoms with Crippen LogP contribution in [0.2, 0.25) is 0 Å². The van der Waals surface area contributed by atoms with E-state index in [1.807, 2.05) is 0 Å². The van der Waals surface area contributed by atoms with E-state index in [2.05, 4.69) is 16.0 Å². The van der Waals surface area contributed by atoms with Crippen LogP contribution in [0.3, 0.4) is 0 Å². The molecule has 4 atom stereocenters. The van der Waals surface area contributed by atoms with Crippen molar-refractivity contribution in [2.24, 2.45) is 5.92 Å². The molecule has 0 aromatic heterocycles. The van der Waals surface area contributed by atoms with Crippen LogP contribution in [0.1, 0.15) is 53.4 Å². The van der Waals surface area contributed by atoms with Gasteiger partial charge in [-0.25, -0.2) is 0 Å². The zero-order valence-corrected chi connectivity index (χ0v) is 22.5. The largest absolute Gasteiger partial charge is 0.342 e. The number of hydrogen-bond acceptors (Lipinski definition) is 7. The van der Waals surface area contributed by atoms with E-state index in [0.29, 0.717) is 18.5 Å². The summed E-state index contributed by atoms with van der Waals surface area (Å²) in [6.45, 7) is 6.42. The number of carbonyl (C=O) groups excluding carboxylic acids is 6. The second-order valence-corrected chi connectivity index (χ2v) is 10.3. The lowest BCUT2D eigenvalue weighted by atomic mass is 9.88. The summed E-state index contributed by atoms with van der Waals surface area (Å²) in [6, 6.07) is 5.15.